The van der Waals surface area contributed by atoms with Gasteiger partial charge in [0.05, 0.1) is 10.9 Å². The first-order chi connectivity index (χ1) is 6.04. The van der Waals surface area contributed by atoms with E-state index in [2.05, 4.69) is 0 Å². The van der Waals surface area contributed by atoms with Crippen molar-refractivity contribution in [3.63, 3.8) is 0 Å². The minimum atomic E-state index is -0.689. The summed E-state index contributed by atoms with van der Waals surface area (Å²) in [6.45, 7) is 1.53. The first-order valence-electron chi connectivity index (χ1n) is 3.66. The summed E-state index contributed by atoms with van der Waals surface area (Å²) in [5.41, 5.74) is 0.0885. The highest BCUT2D eigenvalue weighted by Crippen LogP contribution is 2.19. The number of Topliss-reactive ketones (excluding diaryl/α,β-unsaturated/α-hetero) is 1. The minimum Gasteiger partial charge on any atom is -0.292 e. The van der Waals surface area contributed by atoms with Gasteiger partial charge in [-0.25, -0.2) is 4.39 Å². The molecule has 0 aliphatic carbocycles. The summed E-state index contributed by atoms with van der Waals surface area (Å²) in [6, 6.07) is 4.50. The molecule has 0 aliphatic heterocycles. The predicted molar refractivity (Wildman–Crippen MR) is 58.8 cm³/mol. The maximum atomic E-state index is 13.2. The molecule has 1 atom stereocenters. The van der Waals surface area contributed by atoms with E-state index in [0.717, 1.165) is 0 Å². The third-order valence-electron chi connectivity index (χ3n) is 1.57. The van der Waals surface area contributed by atoms with E-state index in [1.165, 1.54) is 13.0 Å². The summed E-state index contributed by atoms with van der Waals surface area (Å²) in [4.78, 5) is 11.4. The van der Waals surface area contributed by atoms with E-state index in [1.807, 2.05) is 22.6 Å². The van der Waals surface area contributed by atoms with Crippen LogP contribution in [0.5, 0.6) is 0 Å². The fraction of sp³-hybridized carbons (Fsp3) is 0.222. The monoisotopic (exact) mass is 312 g/mol. The van der Waals surface area contributed by atoms with Crippen molar-refractivity contribution >= 4 is 40.0 Å². The van der Waals surface area contributed by atoms with Gasteiger partial charge in [0.15, 0.2) is 5.78 Å². The van der Waals surface area contributed by atoms with E-state index in [-0.39, 0.29) is 11.3 Å². The molecular formula is C9H7ClFIO. The van der Waals surface area contributed by atoms with Crippen LogP contribution in [0.1, 0.15) is 17.3 Å². The molecule has 0 bridgehead atoms. The van der Waals surface area contributed by atoms with Crippen molar-refractivity contribution in [2.75, 3.05) is 0 Å². The van der Waals surface area contributed by atoms with Gasteiger partial charge in [-0.1, -0.05) is 6.07 Å². The molecule has 0 aromatic heterocycles. The molecule has 70 valence electrons. The molecule has 1 aromatic carbocycles. The van der Waals surface area contributed by atoms with Gasteiger partial charge < -0.3 is 0 Å². The highest BCUT2D eigenvalue weighted by atomic mass is 127. The van der Waals surface area contributed by atoms with Gasteiger partial charge in [0.1, 0.15) is 5.82 Å². The number of carbonyl (C=O) groups excluding carboxylic acids is 1. The van der Waals surface area contributed by atoms with Gasteiger partial charge in [-0.15, -0.1) is 11.6 Å². The molecule has 13 heavy (non-hydrogen) atoms. The van der Waals surface area contributed by atoms with Gasteiger partial charge in [0.25, 0.3) is 0 Å². The second-order valence-electron chi connectivity index (χ2n) is 2.58. The van der Waals surface area contributed by atoms with Crippen molar-refractivity contribution in [2.24, 2.45) is 0 Å². The average Bonchev–Trinajstić information content (AvgIpc) is 2.03. The molecule has 0 saturated heterocycles. The van der Waals surface area contributed by atoms with Crippen LogP contribution in [-0.2, 0) is 0 Å². The molecule has 4 heteroatoms. The molecule has 0 fully saturated rings. The zero-order valence-corrected chi connectivity index (χ0v) is 9.76. The van der Waals surface area contributed by atoms with E-state index >= 15 is 0 Å². The van der Waals surface area contributed by atoms with Crippen molar-refractivity contribution in [3.8, 4) is 0 Å². The fourth-order valence-electron chi connectivity index (χ4n) is 0.932. The Morgan fingerprint density at radius 2 is 2.23 bits per heavy atom. The number of rotatable bonds is 2. The van der Waals surface area contributed by atoms with Crippen molar-refractivity contribution in [3.05, 3.63) is 33.1 Å². The van der Waals surface area contributed by atoms with Crippen LogP contribution in [0, 0.1) is 9.39 Å². The SMILES string of the molecule is CC(Cl)C(=O)c1c(F)cccc1I. The predicted octanol–water partition coefficient (Wildman–Crippen LogP) is 3.24. The van der Waals surface area contributed by atoms with Gasteiger partial charge in [-0.2, -0.15) is 0 Å². The Balaban J connectivity index is 3.20. The molecule has 0 saturated carbocycles. The molecule has 1 unspecified atom stereocenters. The number of halogens is 3. The zero-order valence-electron chi connectivity index (χ0n) is 6.85. The summed E-state index contributed by atoms with van der Waals surface area (Å²) >= 11 is 7.50. The van der Waals surface area contributed by atoms with E-state index in [9.17, 15) is 9.18 Å². The number of hydrogen-bond acceptors (Lipinski definition) is 1. The van der Waals surface area contributed by atoms with E-state index in [0.29, 0.717) is 3.57 Å². The Hall–Kier alpha value is -0.160. The third kappa shape index (κ3) is 2.40. The summed E-state index contributed by atoms with van der Waals surface area (Å²) in [5, 5.41) is -0.689. The van der Waals surface area contributed by atoms with Gasteiger partial charge in [-0.05, 0) is 41.6 Å². The standard InChI is InChI=1S/C9H7ClFIO/c1-5(10)9(13)8-6(11)3-2-4-7(8)12/h2-5H,1H3. The number of benzene rings is 1. The molecule has 1 aromatic rings. The number of alkyl halides is 1. The highest BCUT2D eigenvalue weighted by Gasteiger charge is 2.19. The Labute approximate surface area is 94.4 Å². The molecule has 0 radical (unpaired) electrons. The van der Waals surface area contributed by atoms with Gasteiger partial charge in [0, 0.05) is 3.57 Å². The quantitative estimate of drug-likeness (QED) is 0.465. The molecule has 0 N–H and O–H groups in total. The van der Waals surface area contributed by atoms with Crippen LogP contribution in [0.4, 0.5) is 4.39 Å². The second kappa shape index (κ2) is 4.37. The molecular weight excluding hydrogens is 305 g/mol. The highest BCUT2D eigenvalue weighted by molar-refractivity contribution is 14.1. The number of hydrogen-bond donors (Lipinski definition) is 0. The van der Waals surface area contributed by atoms with Crippen LogP contribution >= 0.6 is 34.2 Å². The van der Waals surface area contributed by atoms with Crippen LogP contribution in [0.25, 0.3) is 0 Å². The van der Waals surface area contributed by atoms with Crippen molar-refractivity contribution in [1.82, 2.24) is 0 Å². The summed E-state index contributed by atoms with van der Waals surface area (Å²) in [6.07, 6.45) is 0. The Morgan fingerprint density at radius 1 is 1.62 bits per heavy atom. The minimum absolute atomic E-state index is 0.0885. The van der Waals surface area contributed by atoms with Crippen LogP contribution in [0.15, 0.2) is 18.2 Å². The van der Waals surface area contributed by atoms with Crippen LogP contribution in [-0.4, -0.2) is 11.2 Å². The molecule has 0 aliphatic rings. The van der Waals surface area contributed by atoms with Gasteiger partial charge in [0.2, 0.25) is 0 Å². The van der Waals surface area contributed by atoms with Crippen LogP contribution in [0.2, 0.25) is 0 Å². The van der Waals surface area contributed by atoms with Gasteiger partial charge in [-0.3, -0.25) is 4.79 Å². The molecule has 0 spiro atoms. The van der Waals surface area contributed by atoms with Crippen molar-refractivity contribution in [1.29, 1.82) is 0 Å². The van der Waals surface area contributed by atoms with Crippen LogP contribution in [0.3, 0.4) is 0 Å². The largest absolute Gasteiger partial charge is 0.292 e. The maximum absolute atomic E-state index is 13.2. The molecule has 0 amide bonds. The normalized spacial score (nSPS) is 12.6. The smallest absolute Gasteiger partial charge is 0.184 e. The summed E-state index contributed by atoms with van der Waals surface area (Å²) < 4.78 is 13.8. The van der Waals surface area contributed by atoms with Crippen molar-refractivity contribution in [2.45, 2.75) is 12.3 Å². The Bertz CT molecular complexity index is 318. The van der Waals surface area contributed by atoms with E-state index in [1.54, 1.807) is 12.1 Å². The molecule has 1 rings (SSSR count). The van der Waals surface area contributed by atoms with E-state index in [4.69, 9.17) is 11.6 Å². The lowest BCUT2D eigenvalue weighted by molar-refractivity contribution is 0.0987. The van der Waals surface area contributed by atoms with Crippen LogP contribution < -0.4 is 0 Å². The summed E-state index contributed by atoms with van der Waals surface area (Å²) in [5.74, 6) is -0.881. The average molecular weight is 313 g/mol. The number of carbonyl (C=O) groups is 1. The Morgan fingerprint density at radius 3 is 2.69 bits per heavy atom. The van der Waals surface area contributed by atoms with Crippen molar-refractivity contribution < 1.29 is 9.18 Å². The lowest BCUT2D eigenvalue weighted by Gasteiger charge is -2.05. The lowest BCUT2D eigenvalue weighted by Crippen LogP contribution is -2.14. The van der Waals surface area contributed by atoms with E-state index < -0.39 is 11.2 Å². The first-order valence-corrected chi connectivity index (χ1v) is 5.18. The first kappa shape index (κ1) is 10.9. The molecule has 1 nitrogen and oxygen atoms in total. The second-order valence-corrected chi connectivity index (χ2v) is 4.39. The van der Waals surface area contributed by atoms with Gasteiger partial charge >= 0.3 is 0 Å². The lowest BCUT2D eigenvalue weighted by atomic mass is 10.1. The molecule has 0 heterocycles. The third-order valence-corrected chi connectivity index (χ3v) is 2.67. The number of ketones is 1. The zero-order chi connectivity index (χ0) is 10.0. The fourth-order valence-corrected chi connectivity index (χ4v) is 1.77. The maximum Gasteiger partial charge on any atom is 0.184 e. The summed E-state index contributed by atoms with van der Waals surface area (Å²) in [7, 11) is 0. The Kier molecular flexibility index (Phi) is 3.67. The topological polar surface area (TPSA) is 17.1 Å².